The van der Waals surface area contributed by atoms with Crippen LogP contribution in [0.2, 0.25) is 0 Å². The maximum absolute atomic E-state index is 9.25. The van der Waals surface area contributed by atoms with Crippen molar-refractivity contribution in [3.63, 3.8) is 0 Å². The summed E-state index contributed by atoms with van der Waals surface area (Å²) >= 11 is 0. The third-order valence-electron chi connectivity index (χ3n) is 3.43. The first-order valence-corrected chi connectivity index (χ1v) is 6.29. The molecule has 1 N–H and O–H groups in total. The fourth-order valence-electron chi connectivity index (χ4n) is 2.41. The Morgan fingerprint density at radius 3 is 3.22 bits per heavy atom. The Kier molecular flexibility index (Phi) is 3.06. The lowest BCUT2D eigenvalue weighted by Gasteiger charge is -2.31. The minimum Gasteiger partial charge on any atom is -0.396 e. The molecule has 0 unspecified atom stereocenters. The number of piperidine rings is 1. The monoisotopic (exact) mass is 244 g/mol. The Balaban J connectivity index is 1.89. The van der Waals surface area contributed by atoms with Gasteiger partial charge in [0.2, 0.25) is 5.95 Å². The highest BCUT2D eigenvalue weighted by Gasteiger charge is 2.21. The highest BCUT2D eigenvalue weighted by atomic mass is 16.3. The number of aliphatic hydroxyl groups is 1. The zero-order valence-electron chi connectivity index (χ0n) is 10.2. The molecule has 1 fully saturated rings. The number of hydrogen-bond acceptors (Lipinski definition) is 5. The summed E-state index contributed by atoms with van der Waals surface area (Å²) in [6.07, 6.45) is 7.50. The van der Waals surface area contributed by atoms with Gasteiger partial charge in [-0.1, -0.05) is 0 Å². The first kappa shape index (κ1) is 11.3. The molecule has 2 aromatic rings. The number of hydrogen-bond donors (Lipinski definition) is 1. The van der Waals surface area contributed by atoms with Gasteiger partial charge in [-0.3, -0.25) is 4.98 Å². The van der Waals surface area contributed by atoms with Gasteiger partial charge < -0.3 is 10.0 Å². The van der Waals surface area contributed by atoms with Gasteiger partial charge in [0, 0.05) is 43.7 Å². The van der Waals surface area contributed by atoms with E-state index in [2.05, 4.69) is 19.9 Å². The number of fused-ring (bicyclic) bond motifs is 1. The minimum atomic E-state index is 0.244. The normalized spacial score (nSPS) is 20.3. The third-order valence-corrected chi connectivity index (χ3v) is 3.43. The maximum atomic E-state index is 9.25. The van der Waals surface area contributed by atoms with Gasteiger partial charge in [-0.25, -0.2) is 9.97 Å². The van der Waals surface area contributed by atoms with Crippen LogP contribution in [0.25, 0.3) is 10.9 Å². The van der Waals surface area contributed by atoms with Gasteiger partial charge >= 0.3 is 0 Å². The summed E-state index contributed by atoms with van der Waals surface area (Å²) in [5, 5.41) is 10.2. The van der Waals surface area contributed by atoms with Gasteiger partial charge in [-0.05, 0) is 24.8 Å². The van der Waals surface area contributed by atoms with E-state index in [0.717, 1.165) is 42.8 Å². The molecule has 94 valence electrons. The van der Waals surface area contributed by atoms with E-state index in [1.807, 2.05) is 12.3 Å². The molecule has 0 amide bonds. The molecule has 0 aromatic carbocycles. The number of aliphatic hydroxyl groups excluding tert-OH is 1. The van der Waals surface area contributed by atoms with E-state index in [9.17, 15) is 5.11 Å². The van der Waals surface area contributed by atoms with Crippen LogP contribution in [-0.2, 0) is 0 Å². The smallest absolute Gasteiger partial charge is 0.225 e. The van der Waals surface area contributed by atoms with E-state index in [4.69, 9.17) is 0 Å². The van der Waals surface area contributed by atoms with E-state index >= 15 is 0 Å². The topological polar surface area (TPSA) is 62.1 Å². The SMILES string of the molecule is OC[C@@H]1CCCN(c2ncc3cnccc3n2)C1. The lowest BCUT2D eigenvalue weighted by molar-refractivity contribution is 0.208. The quantitative estimate of drug-likeness (QED) is 0.861. The van der Waals surface area contributed by atoms with E-state index in [1.165, 1.54) is 0 Å². The molecular formula is C13H16N4O. The third kappa shape index (κ3) is 2.13. The van der Waals surface area contributed by atoms with Crippen molar-refractivity contribution in [3.8, 4) is 0 Å². The number of nitrogens with zero attached hydrogens (tertiary/aromatic N) is 4. The zero-order chi connectivity index (χ0) is 12.4. The largest absolute Gasteiger partial charge is 0.396 e. The van der Waals surface area contributed by atoms with E-state index in [0.29, 0.717) is 5.92 Å². The van der Waals surface area contributed by atoms with Crippen molar-refractivity contribution in [1.29, 1.82) is 0 Å². The van der Waals surface area contributed by atoms with Gasteiger partial charge in [-0.2, -0.15) is 0 Å². The predicted molar refractivity (Wildman–Crippen MR) is 69.4 cm³/mol. The van der Waals surface area contributed by atoms with Gasteiger partial charge in [0.15, 0.2) is 0 Å². The van der Waals surface area contributed by atoms with Crippen molar-refractivity contribution >= 4 is 16.9 Å². The molecule has 0 saturated carbocycles. The molecule has 0 aliphatic carbocycles. The molecule has 1 aliphatic heterocycles. The Labute approximate surface area is 106 Å². The average Bonchev–Trinajstić information content (AvgIpc) is 2.47. The molecular weight excluding hydrogens is 228 g/mol. The van der Waals surface area contributed by atoms with Crippen LogP contribution in [0.4, 0.5) is 5.95 Å². The summed E-state index contributed by atoms with van der Waals surface area (Å²) in [7, 11) is 0. The standard InChI is InChI=1S/C13H16N4O/c18-9-10-2-1-5-17(8-10)13-15-7-11-6-14-4-3-12(11)16-13/h3-4,6-7,10,18H,1-2,5,8-9H2/t10-/m1/s1. The molecule has 5 heteroatoms. The van der Waals surface area contributed by atoms with Crippen molar-refractivity contribution in [2.75, 3.05) is 24.6 Å². The summed E-state index contributed by atoms with van der Waals surface area (Å²) < 4.78 is 0. The first-order chi connectivity index (χ1) is 8.86. The van der Waals surface area contributed by atoms with Crippen molar-refractivity contribution < 1.29 is 5.11 Å². The van der Waals surface area contributed by atoms with Crippen LogP contribution < -0.4 is 4.90 Å². The Hall–Kier alpha value is -1.75. The summed E-state index contributed by atoms with van der Waals surface area (Å²) in [4.78, 5) is 15.2. The fraction of sp³-hybridized carbons (Fsp3) is 0.462. The molecule has 0 bridgehead atoms. The fourth-order valence-corrected chi connectivity index (χ4v) is 2.41. The van der Waals surface area contributed by atoms with Gasteiger partial charge in [0.25, 0.3) is 0 Å². The highest BCUT2D eigenvalue weighted by molar-refractivity contribution is 5.77. The molecule has 0 spiro atoms. The van der Waals surface area contributed by atoms with Gasteiger partial charge in [0.1, 0.15) is 0 Å². The Morgan fingerprint density at radius 2 is 2.33 bits per heavy atom. The summed E-state index contributed by atoms with van der Waals surface area (Å²) in [6.45, 7) is 2.05. The van der Waals surface area contributed by atoms with Crippen LogP contribution in [0.5, 0.6) is 0 Å². The Morgan fingerprint density at radius 1 is 1.39 bits per heavy atom. The molecule has 5 nitrogen and oxygen atoms in total. The summed E-state index contributed by atoms with van der Waals surface area (Å²) in [6, 6.07) is 1.90. The van der Waals surface area contributed by atoms with E-state index in [-0.39, 0.29) is 6.61 Å². The van der Waals surface area contributed by atoms with Gasteiger partial charge in [0.05, 0.1) is 5.52 Å². The number of aromatic nitrogens is 3. The average molecular weight is 244 g/mol. The van der Waals surface area contributed by atoms with Gasteiger partial charge in [-0.15, -0.1) is 0 Å². The summed E-state index contributed by atoms with van der Waals surface area (Å²) in [5.74, 6) is 1.10. The van der Waals surface area contributed by atoms with Crippen LogP contribution in [-0.4, -0.2) is 39.8 Å². The van der Waals surface area contributed by atoms with Crippen LogP contribution >= 0.6 is 0 Å². The summed E-state index contributed by atoms with van der Waals surface area (Å²) in [5.41, 5.74) is 0.918. The molecule has 1 saturated heterocycles. The second-order valence-corrected chi connectivity index (χ2v) is 4.74. The van der Waals surface area contributed by atoms with Crippen LogP contribution in [0, 0.1) is 5.92 Å². The predicted octanol–water partition coefficient (Wildman–Crippen LogP) is 1.23. The molecule has 18 heavy (non-hydrogen) atoms. The molecule has 0 radical (unpaired) electrons. The lowest BCUT2D eigenvalue weighted by atomic mass is 9.99. The lowest BCUT2D eigenvalue weighted by Crippen LogP contribution is -2.37. The van der Waals surface area contributed by atoms with Crippen LogP contribution in [0.3, 0.4) is 0 Å². The molecule has 3 rings (SSSR count). The van der Waals surface area contributed by atoms with Crippen molar-refractivity contribution in [2.24, 2.45) is 5.92 Å². The van der Waals surface area contributed by atoms with E-state index in [1.54, 1.807) is 12.4 Å². The number of rotatable bonds is 2. The van der Waals surface area contributed by atoms with Crippen LogP contribution in [0.1, 0.15) is 12.8 Å². The maximum Gasteiger partial charge on any atom is 0.225 e. The first-order valence-electron chi connectivity index (χ1n) is 6.29. The minimum absolute atomic E-state index is 0.244. The van der Waals surface area contributed by atoms with Crippen molar-refractivity contribution in [3.05, 3.63) is 24.7 Å². The Bertz CT molecular complexity index is 545. The number of anilines is 1. The van der Waals surface area contributed by atoms with Crippen LogP contribution in [0.15, 0.2) is 24.7 Å². The molecule has 1 atom stereocenters. The highest BCUT2D eigenvalue weighted by Crippen LogP contribution is 2.21. The second kappa shape index (κ2) is 4.86. The molecule has 2 aromatic heterocycles. The van der Waals surface area contributed by atoms with Crippen molar-refractivity contribution in [2.45, 2.75) is 12.8 Å². The molecule has 3 heterocycles. The second-order valence-electron chi connectivity index (χ2n) is 4.74. The number of pyridine rings is 1. The molecule has 1 aliphatic rings. The zero-order valence-corrected chi connectivity index (χ0v) is 10.2. The van der Waals surface area contributed by atoms with Crippen molar-refractivity contribution in [1.82, 2.24) is 15.0 Å². The van der Waals surface area contributed by atoms with E-state index < -0.39 is 0 Å².